The molecule has 0 radical (unpaired) electrons. The third-order valence-corrected chi connectivity index (χ3v) is 4.42. The highest BCUT2D eigenvalue weighted by molar-refractivity contribution is 5.94. The van der Waals surface area contributed by atoms with Crippen molar-refractivity contribution >= 4 is 5.91 Å². The molecule has 1 aromatic heterocycles. The molecule has 3 N–H and O–H groups in total. The second kappa shape index (κ2) is 9.19. The number of nitrogens with zero attached hydrogens (tertiary/aromatic N) is 1. The van der Waals surface area contributed by atoms with E-state index in [0.717, 1.165) is 0 Å². The van der Waals surface area contributed by atoms with Crippen LogP contribution in [0.4, 0.5) is 4.39 Å². The van der Waals surface area contributed by atoms with Crippen molar-refractivity contribution in [1.82, 2.24) is 15.3 Å². The number of hydrogen-bond donors (Lipinski definition) is 3. The first-order valence-electron chi connectivity index (χ1n) is 8.96. The van der Waals surface area contributed by atoms with Gasteiger partial charge >= 0.3 is 0 Å². The molecule has 0 bridgehead atoms. The predicted molar refractivity (Wildman–Crippen MR) is 107 cm³/mol. The van der Waals surface area contributed by atoms with Gasteiger partial charge in [-0.25, -0.2) is 9.37 Å². The Morgan fingerprint density at radius 2 is 1.77 bits per heavy atom. The van der Waals surface area contributed by atoms with Crippen LogP contribution in [0.1, 0.15) is 21.6 Å². The van der Waals surface area contributed by atoms with Crippen LogP contribution in [0, 0.1) is 5.82 Å². The van der Waals surface area contributed by atoms with Gasteiger partial charge in [0.1, 0.15) is 34.4 Å². The van der Waals surface area contributed by atoms with Gasteiger partial charge in [0.2, 0.25) is 0 Å². The Hall–Kier alpha value is -3.72. The highest BCUT2D eigenvalue weighted by Crippen LogP contribution is 2.36. The van der Waals surface area contributed by atoms with Gasteiger partial charge in [-0.3, -0.25) is 9.59 Å². The number of carbonyl (C=O) groups excluding carboxylic acids is 1. The minimum atomic E-state index is -0.676. The quantitative estimate of drug-likeness (QED) is 0.546. The number of amides is 1. The van der Waals surface area contributed by atoms with Gasteiger partial charge in [0.15, 0.2) is 0 Å². The molecule has 9 heteroatoms. The normalized spacial score (nSPS) is 10.5. The van der Waals surface area contributed by atoms with Crippen molar-refractivity contribution in [2.75, 3.05) is 14.2 Å². The molecule has 0 aliphatic rings. The van der Waals surface area contributed by atoms with Crippen LogP contribution in [-0.2, 0) is 13.2 Å². The van der Waals surface area contributed by atoms with Gasteiger partial charge in [-0.2, -0.15) is 0 Å². The maximum Gasteiger partial charge on any atom is 0.270 e. The molecule has 3 rings (SSSR count). The first kappa shape index (κ1) is 21.0. The van der Waals surface area contributed by atoms with E-state index in [1.54, 1.807) is 18.2 Å². The number of halogens is 1. The molecule has 2 aromatic carbocycles. The fraction of sp³-hybridized carbons (Fsp3) is 0.190. The second-order valence-corrected chi connectivity index (χ2v) is 6.25. The van der Waals surface area contributed by atoms with Crippen LogP contribution in [0.5, 0.6) is 11.5 Å². The lowest BCUT2D eigenvalue weighted by molar-refractivity contribution is 0.0942. The van der Waals surface area contributed by atoms with Crippen molar-refractivity contribution in [2.24, 2.45) is 0 Å². The average molecular weight is 413 g/mol. The Morgan fingerprint density at radius 3 is 2.33 bits per heavy atom. The molecule has 0 aliphatic carbocycles. The van der Waals surface area contributed by atoms with E-state index in [0.29, 0.717) is 22.6 Å². The van der Waals surface area contributed by atoms with E-state index in [9.17, 15) is 19.1 Å². The lowest BCUT2D eigenvalue weighted by atomic mass is 10.1. The Morgan fingerprint density at radius 1 is 1.13 bits per heavy atom. The van der Waals surface area contributed by atoms with Crippen LogP contribution in [0.25, 0.3) is 11.4 Å². The molecular formula is C21H20FN3O5. The van der Waals surface area contributed by atoms with Crippen molar-refractivity contribution in [3.8, 4) is 22.9 Å². The summed E-state index contributed by atoms with van der Waals surface area (Å²) in [6.07, 6.45) is 0. The van der Waals surface area contributed by atoms with Crippen LogP contribution < -0.4 is 20.3 Å². The number of benzene rings is 2. The van der Waals surface area contributed by atoms with E-state index in [-0.39, 0.29) is 29.4 Å². The average Bonchev–Trinajstić information content (AvgIpc) is 2.77. The topological polar surface area (TPSA) is 114 Å². The third-order valence-electron chi connectivity index (χ3n) is 4.42. The van der Waals surface area contributed by atoms with Crippen LogP contribution in [-0.4, -0.2) is 35.2 Å². The predicted octanol–water partition coefficient (Wildman–Crippen LogP) is 2.02. The van der Waals surface area contributed by atoms with Crippen molar-refractivity contribution in [3.05, 3.63) is 75.5 Å². The number of H-pyrrole nitrogens is 1. The van der Waals surface area contributed by atoms with Crippen molar-refractivity contribution in [1.29, 1.82) is 0 Å². The first-order valence-corrected chi connectivity index (χ1v) is 8.96. The summed E-state index contributed by atoms with van der Waals surface area (Å²) >= 11 is 0. The lowest BCUT2D eigenvalue weighted by Gasteiger charge is -2.14. The van der Waals surface area contributed by atoms with Gasteiger partial charge in [0.05, 0.1) is 26.4 Å². The second-order valence-electron chi connectivity index (χ2n) is 6.25. The van der Waals surface area contributed by atoms with Gasteiger partial charge in [-0.1, -0.05) is 18.2 Å². The molecule has 0 unspecified atom stereocenters. The number of rotatable bonds is 7. The van der Waals surface area contributed by atoms with Gasteiger partial charge in [0.25, 0.3) is 11.5 Å². The van der Waals surface area contributed by atoms with E-state index in [1.807, 2.05) is 0 Å². The summed E-state index contributed by atoms with van der Waals surface area (Å²) in [5, 5.41) is 12.2. The van der Waals surface area contributed by atoms with Crippen molar-refractivity contribution < 1.29 is 23.8 Å². The minimum absolute atomic E-state index is 0.0541. The molecule has 0 saturated heterocycles. The summed E-state index contributed by atoms with van der Waals surface area (Å²) in [7, 11) is 2.91. The van der Waals surface area contributed by atoms with Crippen LogP contribution in [0.15, 0.2) is 47.3 Å². The van der Waals surface area contributed by atoms with Gasteiger partial charge in [-0.05, 0) is 29.8 Å². The summed E-state index contributed by atoms with van der Waals surface area (Å²) in [6, 6.07) is 10.6. The maximum atomic E-state index is 13.0. The smallest absolute Gasteiger partial charge is 0.270 e. The fourth-order valence-electron chi connectivity index (χ4n) is 2.90. The number of hydrogen-bond acceptors (Lipinski definition) is 6. The SMILES string of the molecule is COc1cccc(OC)c1-c1nc(C(=O)NCc2ccc(F)cc2)c(CO)c(=O)[nH]1. The van der Waals surface area contributed by atoms with Crippen LogP contribution in [0.2, 0.25) is 0 Å². The van der Waals surface area contributed by atoms with Crippen molar-refractivity contribution in [3.63, 3.8) is 0 Å². The molecule has 8 nitrogen and oxygen atoms in total. The molecule has 1 heterocycles. The molecule has 0 atom stereocenters. The molecule has 3 aromatic rings. The summed E-state index contributed by atoms with van der Waals surface area (Å²) < 4.78 is 23.7. The van der Waals surface area contributed by atoms with E-state index < -0.39 is 18.1 Å². The number of aromatic nitrogens is 2. The molecule has 0 aliphatic heterocycles. The molecular weight excluding hydrogens is 393 g/mol. The molecule has 30 heavy (non-hydrogen) atoms. The highest BCUT2D eigenvalue weighted by atomic mass is 19.1. The molecule has 0 fully saturated rings. The Labute approximate surface area is 171 Å². The summed E-state index contributed by atoms with van der Waals surface area (Å²) in [5.74, 6) is -0.235. The number of aliphatic hydroxyl groups is 1. The largest absolute Gasteiger partial charge is 0.496 e. The number of carbonyl (C=O) groups is 1. The number of aliphatic hydroxyl groups excluding tert-OH is 1. The Balaban J connectivity index is 2.01. The number of methoxy groups -OCH3 is 2. The third kappa shape index (κ3) is 4.31. The van der Waals surface area contributed by atoms with Gasteiger partial charge < -0.3 is 24.9 Å². The monoisotopic (exact) mass is 413 g/mol. The number of ether oxygens (including phenoxy) is 2. The lowest BCUT2D eigenvalue weighted by Crippen LogP contribution is -2.29. The summed E-state index contributed by atoms with van der Waals surface area (Å²) in [4.78, 5) is 32.1. The molecule has 0 saturated carbocycles. The van der Waals surface area contributed by atoms with Gasteiger partial charge in [-0.15, -0.1) is 0 Å². The molecule has 1 amide bonds. The molecule has 0 spiro atoms. The zero-order valence-electron chi connectivity index (χ0n) is 16.4. The van der Waals surface area contributed by atoms with Crippen molar-refractivity contribution in [2.45, 2.75) is 13.2 Å². The minimum Gasteiger partial charge on any atom is -0.496 e. The van der Waals surface area contributed by atoms with E-state index in [1.165, 1.54) is 38.5 Å². The number of aromatic amines is 1. The fourth-order valence-corrected chi connectivity index (χ4v) is 2.90. The Kier molecular flexibility index (Phi) is 6.43. The van der Waals surface area contributed by atoms with Crippen LogP contribution >= 0.6 is 0 Å². The number of nitrogens with one attached hydrogen (secondary N) is 2. The zero-order chi connectivity index (χ0) is 21.7. The summed E-state index contributed by atoms with van der Waals surface area (Å²) in [5.41, 5.74) is -0.0543. The standard InChI is InChI=1S/C21H20FN3O5/c1-29-15-4-3-5-16(30-2)17(15)19-24-18(14(11-26)20(27)25-19)21(28)23-10-12-6-8-13(22)9-7-12/h3-9,26H,10-11H2,1-2H3,(H,23,28)(H,24,25,27). The van der Waals surface area contributed by atoms with E-state index in [4.69, 9.17) is 9.47 Å². The molecule has 156 valence electrons. The van der Waals surface area contributed by atoms with Crippen LogP contribution in [0.3, 0.4) is 0 Å². The Bertz CT molecular complexity index is 1090. The van der Waals surface area contributed by atoms with E-state index >= 15 is 0 Å². The van der Waals surface area contributed by atoms with Gasteiger partial charge in [0, 0.05) is 6.54 Å². The summed E-state index contributed by atoms with van der Waals surface area (Å²) in [6.45, 7) is -0.587. The highest BCUT2D eigenvalue weighted by Gasteiger charge is 2.22. The maximum absolute atomic E-state index is 13.0. The zero-order valence-corrected chi connectivity index (χ0v) is 16.4. The first-order chi connectivity index (χ1) is 14.5. The van der Waals surface area contributed by atoms with E-state index in [2.05, 4.69) is 15.3 Å².